The van der Waals surface area contributed by atoms with E-state index in [2.05, 4.69) is 93.7 Å². The lowest BCUT2D eigenvalue weighted by atomic mass is 10.1. The molecule has 386 valence electrons. The Morgan fingerprint density at radius 1 is 0.299 bits per heavy atom. The highest BCUT2D eigenvalue weighted by Crippen LogP contribution is 2.15. The van der Waals surface area contributed by atoms with Gasteiger partial charge in [-0.25, -0.2) is 0 Å². The van der Waals surface area contributed by atoms with Gasteiger partial charge >= 0.3 is 17.9 Å². The van der Waals surface area contributed by atoms with E-state index < -0.39 is 6.10 Å². The first-order valence-corrected chi connectivity index (χ1v) is 28.4. The number of unbranched alkanes of at least 4 members (excludes halogenated alkanes) is 28. The molecule has 0 aromatic rings. The Labute approximate surface area is 414 Å². The van der Waals surface area contributed by atoms with Gasteiger partial charge in [0.15, 0.2) is 6.10 Å². The van der Waals surface area contributed by atoms with Crippen LogP contribution >= 0.6 is 0 Å². The van der Waals surface area contributed by atoms with E-state index in [4.69, 9.17) is 14.2 Å². The van der Waals surface area contributed by atoms with Gasteiger partial charge in [0.1, 0.15) is 13.2 Å². The fraction of sp³-hybridized carbons (Fsp3) is 0.754. The van der Waals surface area contributed by atoms with E-state index >= 15 is 0 Å². The summed E-state index contributed by atoms with van der Waals surface area (Å²) in [5, 5.41) is 0. The zero-order valence-corrected chi connectivity index (χ0v) is 44.2. The third kappa shape index (κ3) is 53.7. The van der Waals surface area contributed by atoms with Crippen molar-refractivity contribution in [2.75, 3.05) is 13.2 Å². The third-order valence-corrected chi connectivity index (χ3v) is 12.2. The molecule has 0 N–H and O–H groups in total. The van der Waals surface area contributed by atoms with Crippen molar-refractivity contribution in [1.29, 1.82) is 0 Å². The SMILES string of the molecule is CCCCC/C=C\C/C=C\CCCCCCCCCCCC(=O)OC[C@H](COC(=O)CCCCCCC/C=C\C/C=C\CCCCC)OC(=O)CCCCCCC/C=C\C/C=C\CCCCC. The maximum absolute atomic E-state index is 12.8. The highest BCUT2D eigenvalue weighted by Gasteiger charge is 2.19. The van der Waals surface area contributed by atoms with Gasteiger partial charge in [-0.2, -0.15) is 0 Å². The van der Waals surface area contributed by atoms with E-state index in [9.17, 15) is 14.4 Å². The van der Waals surface area contributed by atoms with Crippen molar-refractivity contribution in [3.8, 4) is 0 Å². The van der Waals surface area contributed by atoms with E-state index in [0.717, 1.165) is 109 Å². The number of ether oxygens (including phenoxy) is 3. The Bertz CT molecular complexity index is 1260. The molecule has 0 saturated heterocycles. The van der Waals surface area contributed by atoms with Gasteiger partial charge in [-0.3, -0.25) is 14.4 Å². The molecular formula is C61H106O6. The van der Waals surface area contributed by atoms with E-state index in [1.54, 1.807) is 0 Å². The first-order chi connectivity index (χ1) is 33.0. The molecule has 6 nitrogen and oxygen atoms in total. The zero-order chi connectivity index (χ0) is 48.6. The number of hydrogen-bond donors (Lipinski definition) is 0. The summed E-state index contributed by atoms with van der Waals surface area (Å²) >= 11 is 0. The maximum atomic E-state index is 12.8. The smallest absolute Gasteiger partial charge is 0.306 e. The fourth-order valence-electron chi connectivity index (χ4n) is 7.83. The van der Waals surface area contributed by atoms with Gasteiger partial charge in [-0.1, -0.05) is 216 Å². The molecule has 0 aliphatic rings. The second-order valence-electron chi connectivity index (χ2n) is 18.8. The molecule has 0 aliphatic carbocycles. The Hall–Kier alpha value is -3.15. The zero-order valence-electron chi connectivity index (χ0n) is 44.2. The second kappa shape index (κ2) is 55.4. The van der Waals surface area contributed by atoms with Crippen LogP contribution in [0, 0.1) is 0 Å². The summed E-state index contributed by atoms with van der Waals surface area (Å²) in [5.74, 6) is -0.913. The first kappa shape index (κ1) is 63.8. The van der Waals surface area contributed by atoms with Crippen molar-refractivity contribution >= 4 is 17.9 Å². The van der Waals surface area contributed by atoms with Crippen molar-refractivity contribution in [2.24, 2.45) is 0 Å². The minimum atomic E-state index is -0.791. The fourth-order valence-corrected chi connectivity index (χ4v) is 7.83. The van der Waals surface area contributed by atoms with Crippen LogP contribution in [0.1, 0.15) is 278 Å². The molecule has 0 bridgehead atoms. The van der Waals surface area contributed by atoms with E-state index in [1.165, 1.54) is 128 Å². The number of esters is 3. The van der Waals surface area contributed by atoms with Crippen LogP contribution < -0.4 is 0 Å². The highest BCUT2D eigenvalue weighted by atomic mass is 16.6. The van der Waals surface area contributed by atoms with E-state index in [1.807, 2.05) is 0 Å². The van der Waals surface area contributed by atoms with Crippen molar-refractivity contribution < 1.29 is 28.6 Å². The maximum Gasteiger partial charge on any atom is 0.306 e. The monoisotopic (exact) mass is 935 g/mol. The summed E-state index contributed by atoms with van der Waals surface area (Å²) < 4.78 is 16.8. The van der Waals surface area contributed by atoms with E-state index in [0.29, 0.717) is 19.3 Å². The van der Waals surface area contributed by atoms with Gasteiger partial charge in [0.05, 0.1) is 0 Å². The Morgan fingerprint density at radius 2 is 0.537 bits per heavy atom. The Morgan fingerprint density at radius 3 is 0.821 bits per heavy atom. The molecule has 0 fully saturated rings. The molecule has 0 aliphatic heterocycles. The standard InChI is InChI=1S/C61H106O6/c1-4-7-10-13-16-19-22-25-28-29-30-31-34-36-39-42-45-48-51-54-60(63)66-57-58(67-61(64)55-52-49-46-43-40-37-33-27-24-21-18-15-12-9-6-3)56-65-59(62)53-50-47-44-41-38-35-32-26-23-20-17-14-11-8-5-2/h16-21,25-28,32-33,58H,4-15,22-24,29-31,34-57H2,1-3H3/b19-16-,20-17-,21-18-,28-25-,32-26-,33-27-/t58-/m0/s1. The largest absolute Gasteiger partial charge is 0.462 e. The summed E-state index contributed by atoms with van der Waals surface area (Å²) in [6.07, 6.45) is 70.2. The lowest BCUT2D eigenvalue weighted by molar-refractivity contribution is -0.167. The Kier molecular flexibility index (Phi) is 52.8. The number of carbonyl (C=O) groups is 3. The molecule has 0 unspecified atom stereocenters. The number of carbonyl (C=O) groups excluding carboxylic acids is 3. The predicted molar refractivity (Wildman–Crippen MR) is 288 cm³/mol. The van der Waals surface area contributed by atoms with Crippen molar-refractivity contribution in [3.05, 3.63) is 72.9 Å². The van der Waals surface area contributed by atoms with Gasteiger partial charge < -0.3 is 14.2 Å². The van der Waals surface area contributed by atoms with Crippen LogP contribution in [0.3, 0.4) is 0 Å². The first-order valence-electron chi connectivity index (χ1n) is 28.4. The molecule has 0 rings (SSSR count). The van der Waals surface area contributed by atoms with Gasteiger partial charge in [0.2, 0.25) is 0 Å². The van der Waals surface area contributed by atoms with Crippen LogP contribution in [0.25, 0.3) is 0 Å². The molecule has 67 heavy (non-hydrogen) atoms. The molecule has 0 radical (unpaired) electrons. The van der Waals surface area contributed by atoms with Crippen molar-refractivity contribution in [1.82, 2.24) is 0 Å². The normalized spacial score (nSPS) is 12.6. The van der Waals surface area contributed by atoms with Gasteiger partial charge in [0, 0.05) is 19.3 Å². The van der Waals surface area contributed by atoms with Gasteiger partial charge in [-0.15, -0.1) is 0 Å². The van der Waals surface area contributed by atoms with Crippen molar-refractivity contribution in [3.63, 3.8) is 0 Å². The lowest BCUT2D eigenvalue weighted by Gasteiger charge is -2.18. The van der Waals surface area contributed by atoms with Crippen LogP contribution in [0.15, 0.2) is 72.9 Å². The predicted octanol–water partition coefficient (Wildman–Crippen LogP) is 19.0. The van der Waals surface area contributed by atoms with Gasteiger partial charge in [-0.05, 0) is 116 Å². The minimum absolute atomic E-state index is 0.0876. The molecule has 0 amide bonds. The molecule has 0 aromatic carbocycles. The van der Waals surface area contributed by atoms with E-state index in [-0.39, 0.29) is 31.1 Å². The average molecular weight is 936 g/mol. The molecular weight excluding hydrogens is 829 g/mol. The summed E-state index contributed by atoms with van der Waals surface area (Å²) in [6.45, 7) is 6.55. The minimum Gasteiger partial charge on any atom is -0.462 e. The molecule has 0 saturated carbocycles. The van der Waals surface area contributed by atoms with Crippen molar-refractivity contribution in [2.45, 2.75) is 284 Å². The molecule has 1 atom stereocenters. The van der Waals surface area contributed by atoms with Crippen LogP contribution in [-0.4, -0.2) is 37.2 Å². The summed E-state index contributed by atoms with van der Waals surface area (Å²) in [4.78, 5) is 38.1. The van der Waals surface area contributed by atoms with Gasteiger partial charge in [0.25, 0.3) is 0 Å². The molecule has 0 heterocycles. The molecule has 6 heteroatoms. The highest BCUT2D eigenvalue weighted by molar-refractivity contribution is 5.71. The number of hydrogen-bond acceptors (Lipinski definition) is 6. The van der Waals surface area contributed by atoms with Crippen LogP contribution in [-0.2, 0) is 28.6 Å². The second-order valence-corrected chi connectivity index (χ2v) is 18.8. The molecule has 0 spiro atoms. The van der Waals surface area contributed by atoms with Crippen LogP contribution in [0.2, 0.25) is 0 Å². The topological polar surface area (TPSA) is 78.9 Å². The van der Waals surface area contributed by atoms with Crippen LogP contribution in [0.5, 0.6) is 0 Å². The average Bonchev–Trinajstić information content (AvgIpc) is 3.33. The summed E-state index contributed by atoms with van der Waals surface area (Å²) in [6, 6.07) is 0. The third-order valence-electron chi connectivity index (χ3n) is 12.2. The summed E-state index contributed by atoms with van der Waals surface area (Å²) in [5.41, 5.74) is 0. The van der Waals surface area contributed by atoms with Crippen LogP contribution in [0.4, 0.5) is 0 Å². The Balaban J connectivity index is 4.41. The number of allylic oxidation sites excluding steroid dienone is 12. The summed E-state index contributed by atoms with van der Waals surface area (Å²) in [7, 11) is 0. The molecule has 0 aromatic heterocycles. The quantitative estimate of drug-likeness (QED) is 0.0262. The lowest BCUT2D eigenvalue weighted by Crippen LogP contribution is -2.30. The number of rotatable bonds is 51.